The molecule has 0 heterocycles. The van der Waals surface area contributed by atoms with E-state index in [9.17, 15) is 4.57 Å². The SMILES string of the molecule is CCCCOP(=O)(O)OCCCC.CCCCP. The number of unbranched alkanes of at least 4 members (excludes halogenated alkanes) is 3. The topological polar surface area (TPSA) is 55.8 Å². The zero-order valence-electron chi connectivity index (χ0n) is 12.1. The van der Waals surface area contributed by atoms with Gasteiger partial charge in [0.2, 0.25) is 0 Å². The van der Waals surface area contributed by atoms with E-state index in [1.54, 1.807) is 0 Å². The summed E-state index contributed by atoms with van der Waals surface area (Å²) in [7, 11) is -1.05. The Kier molecular flexibility index (Phi) is 18.1. The second kappa shape index (κ2) is 15.6. The summed E-state index contributed by atoms with van der Waals surface area (Å²) >= 11 is 0. The van der Waals surface area contributed by atoms with Crippen molar-refractivity contribution in [2.45, 2.75) is 59.3 Å². The summed E-state index contributed by atoms with van der Waals surface area (Å²) in [6.07, 6.45) is 7.37. The highest BCUT2D eigenvalue weighted by molar-refractivity contribution is 7.47. The molecular formula is C12H30O4P2. The summed E-state index contributed by atoms with van der Waals surface area (Å²) in [6.45, 7) is 6.75. The van der Waals surface area contributed by atoms with Crippen LogP contribution < -0.4 is 0 Å². The molecule has 0 rings (SSSR count). The molecule has 6 heteroatoms. The van der Waals surface area contributed by atoms with E-state index < -0.39 is 7.82 Å². The van der Waals surface area contributed by atoms with Gasteiger partial charge in [-0.15, -0.1) is 9.24 Å². The van der Waals surface area contributed by atoms with Crippen LogP contribution in [0.4, 0.5) is 0 Å². The van der Waals surface area contributed by atoms with Crippen molar-refractivity contribution in [1.82, 2.24) is 0 Å². The van der Waals surface area contributed by atoms with Crippen molar-refractivity contribution in [3.63, 3.8) is 0 Å². The Morgan fingerprint density at radius 3 is 1.56 bits per heavy atom. The third-order valence-electron chi connectivity index (χ3n) is 2.06. The van der Waals surface area contributed by atoms with Crippen LogP contribution in [0.25, 0.3) is 0 Å². The molecule has 0 bridgehead atoms. The van der Waals surface area contributed by atoms with Crippen molar-refractivity contribution in [3.05, 3.63) is 0 Å². The summed E-state index contributed by atoms with van der Waals surface area (Å²) in [4.78, 5) is 9.08. The first kappa shape index (κ1) is 20.8. The van der Waals surface area contributed by atoms with E-state index in [0.29, 0.717) is 0 Å². The van der Waals surface area contributed by atoms with E-state index >= 15 is 0 Å². The fourth-order valence-electron chi connectivity index (χ4n) is 0.890. The minimum atomic E-state index is -3.75. The Morgan fingerprint density at radius 1 is 0.944 bits per heavy atom. The maximum atomic E-state index is 11.1. The first-order valence-electron chi connectivity index (χ1n) is 6.85. The van der Waals surface area contributed by atoms with Gasteiger partial charge in [-0.1, -0.05) is 46.5 Å². The zero-order chi connectivity index (χ0) is 14.3. The van der Waals surface area contributed by atoms with Gasteiger partial charge >= 0.3 is 7.82 Å². The lowest BCUT2D eigenvalue weighted by molar-refractivity contribution is 0.146. The second-order valence-electron chi connectivity index (χ2n) is 3.98. The smallest absolute Gasteiger partial charge is 0.302 e. The molecular weight excluding hydrogens is 270 g/mol. The first-order chi connectivity index (χ1) is 8.54. The molecule has 1 atom stereocenters. The van der Waals surface area contributed by atoms with Gasteiger partial charge in [0.25, 0.3) is 0 Å². The summed E-state index contributed by atoms with van der Waals surface area (Å²) in [5, 5.41) is 0. The molecule has 0 aliphatic carbocycles. The highest BCUT2D eigenvalue weighted by atomic mass is 31.2. The second-order valence-corrected chi connectivity index (χ2v) is 6.02. The van der Waals surface area contributed by atoms with Crippen molar-refractivity contribution in [3.8, 4) is 0 Å². The van der Waals surface area contributed by atoms with Gasteiger partial charge in [-0.25, -0.2) is 4.57 Å². The van der Waals surface area contributed by atoms with Crippen LogP contribution in [-0.4, -0.2) is 24.3 Å². The summed E-state index contributed by atoms with van der Waals surface area (Å²) in [5.74, 6) is 0. The van der Waals surface area contributed by atoms with Crippen molar-refractivity contribution >= 4 is 17.1 Å². The monoisotopic (exact) mass is 300 g/mol. The minimum Gasteiger partial charge on any atom is -0.302 e. The van der Waals surface area contributed by atoms with Crippen LogP contribution >= 0.6 is 17.1 Å². The fourth-order valence-corrected chi connectivity index (χ4v) is 2.09. The predicted molar refractivity (Wildman–Crippen MR) is 81.0 cm³/mol. The van der Waals surface area contributed by atoms with E-state index in [0.717, 1.165) is 25.7 Å². The maximum Gasteiger partial charge on any atom is 0.472 e. The Morgan fingerprint density at radius 2 is 1.33 bits per heavy atom. The number of hydrogen-bond acceptors (Lipinski definition) is 3. The lowest BCUT2D eigenvalue weighted by Crippen LogP contribution is -1.98. The fraction of sp³-hybridized carbons (Fsp3) is 1.00. The molecule has 0 amide bonds. The standard InChI is InChI=1S/C8H19O4P.C4H11P/c1-3-5-7-11-13(9,10)12-8-6-4-2;1-2-3-4-5/h3-8H2,1-2H3,(H,9,10);2-5H2,1H3. The molecule has 0 aromatic carbocycles. The molecule has 0 aromatic heterocycles. The number of rotatable bonds is 10. The van der Waals surface area contributed by atoms with Crippen molar-refractivity contribution in [1.29, 1.82) is 0 Å². The minimum absolute atomic E-state index is 0.288. The lowest BCUT2D eigenvalue weighted by atomic mass is 10.4. The molecule has 0 aromatic rings. The Bertz CT molecular complexity index is 185. The van der Waals surface area contributed by atoms with Crippen LogP contribution in [0.1, 0.15) is 59.3 Å². The summed E-state index contributed by atoms with van der Waals surface area (Å²) in [6, 6.07) is 0. The molecule has 0 saturated carbocycles. The van der Waals surface area contributed by atoms with Gasteiger partial charge in [0.15, 0.2) is 0 Å². The van der Waals surface area contributed by atoms with Crippen molar-refractivity contribution in [2.75, 3.05) is 19.4 Å². The van der Waals surface area contributed by atoms with Gasteiger partial charge in [-0.3, -0.25) is 9.05 Å². The first-order valence-corrected chi connectivity index (χ1v) is 9.17. The molecule has 0 aliphatic heterocycles. The third kappa shape index (κ3) is 18.9. The molecule has 112 valence electrons. The number of phosphoric acid groups is 1. The molecule has 1 unspecified atom stereocenters. The lowest BCUT2D eigenvalue weighted by Gasteiger charge is -2.10. The average Bonchev–Trinajstić information content (AvgIpc) is 2.31. The van der Waals surface area contributed by atoms with E-state index in [1.807, 2.05) is 13.8 Å². The van der Waals surface area contributed by atoms with Gasteiger partial charge in [0, 0.05) is 0 Å². The van der Waals surface area contributed by atoms with Gasteiger partial charge in [-0.05, 0) is 19.0 Å². The van der Waals surface area contributed by atoms with E-state index in [-0.39, 0.29) is 13.2 Å². The molecule has 0 fully saturated rings. The maximum absolute atomic E-state index is 11.1. The van der Waals surface area contributed by atoms with Gasteiger partial charge in [0.05, 0.1) is 13.2 Å². The highest BCUT2D eigenvalue weighted by Crippen LogP contribution is 2.43. The Labute approximate surface area is 115 Å². The molecule has 18 heavy (non-hydrogen) atoms. The van der Waals surface area contributed by atoms with Crippen molar-refractivity contribution < 1.29 is 18.5 Å². The van der Waals surface area contributed by atoms with Gasteiger partial charge < -0.3 is 4.89 Å². The van der Waals surface area contributed by atoms with Crippen LogP contribution in [0.3, 0.4) is 0 Å². The molecule has 0 aliphatic rings. The van der Waals surface area contributed by atoms with Crippen molar-refractivity contribution in [2.24, 2.45) is 0 Å². The Hall–Kier alpha value is 0.540. The molecule has 0 spiro atoms. The molecule has 1 N–H and O–H groups in total. The van der Waals surface area contributed by atoms with Crippen LogP contribution in [0, 0.1) is 0 Å². The largest absolute Gasteiger partial charge is 0.472 e. The molecule has 4 nitrogen and oxygen atoms in total. The molecule has 0 radical (unpaired) electrons. The number of hydrogen-bond donors (Lipinski definition) is 1. The van der Waals surface area contributed by atoms with Gasteiger partial charge in [0.1, 0.15) is 0 Å². The summed E-state index contributed by atoms with van der Waals surface area (Å²) < 4.78 is 20.5. The summed E-state index contributed by atoms with van der Waals surface area (Å²) in [5.41, 5.74) is 0. The van der Waals surface area contributed by atoms with E-state index in [4.69, 9.17) is 13.9 Å². The zero-order valence-corrected chi connectivity index (χ0v) is 14.1. The van der Waals surface area contributed by atoms with Crippen LogP contribution in [0.2, 0.25) is 0 Å². The normalized spacial score (nSPS) is 10.9. The van der Waals surface area contributed by atoms with Crippen LogP contribution in [-0.2, 0) is 13.6 Å². The average molecular weight is 300 g/mol. The predicted octanol–water partition coefficient (Wildman–Crippen LogP) is 4.38. The van der Waals surface area contributed by atoms with E-state index in [1.165, 1.54) is 19.0 Å². The van der Waals surface area contributed by atoms with Gasteiger partial charge in [-0.2, -0.15) is 0 Å². The highest BCUT2D eigenvalue weighted by Gasteiger charge is 2.19. The quantitative estimate of drug-likeness (QED) is 0.480. The van der Waals surface area contributed by atoms with Crippen LogP contribution in [0.5, 0.6) is 0 Å². The third-order valence-corrected chi connectivity index (χ3v) is 3.49. The Balaban J connectivity index is 0. The molecule has 0 saturated heterocycles. The van der Waals surface area contributed by atoms with E-state index in [2.05, 4.69) is 16.2 Å². The van der Waals surface area contributed by atoms with Crippen LogP contribution in [0.15, 0.2) is 0 Å². The number of phosphoric ester groups is 1.